The zero-order chi connectivity index (χ0) is 18.5. The molecular formula is C21H26N2O3. The second kappa shape index (κ2) is 6.23. The van der Waals surface area contributed by atoms with E-state index in [9.17, 15) is 14.7 Å². The SMILES string of the molecule is CC(C)(O)Cn1ccc2c(NC(=O)C3C[C@@H]4CC[C@@H]3C4)cccc2c1=O. The van der Waals surface area contributed by atoms with E-state index in [2.05, 4.69) is 5.32 Å². The molecule has 2 bridgehead atoms. The molecule has 5 heteroatoms. The number of hydrogen-bond donors (Lipinski definition) is 2. The third-order valence-electron chi connectivity index (χ3n) is 5.91. The molecule has 1 aromatic carbocycles. The minimum Gasteiger partial charge on any atom is -0.389 e. The van der Waals surface area contributed by atoms with E-state index in [4.69, 9.17) is 0 Å². The molecule has 26 heavy (non-hydrogen) atoms. The van der Waals surface area contributed by atoms with E-state index in [1.165, 1.54) is 23.8 Å². The maximum atomic E-state index is 12.8. The van der Waals surface area contributed by atoms with Crippen LogP contribution >= 0.6 is 0 Å². The lowest BCUT2D eigenvalue weighted by Gasteiger charge is -2.22. The number of hydrogen-bond acceptors (Lipinski definition) is 3. The summed E-state index contributed by atoms with van der Waals surface area (Å²) in [6.07, 6.45) is 6.31. The van der Waals surface area contributed by atoms with Gasteiger partial charge in [0.15, 0.2) is 0 Å². The summed E-state index contributed by atoms with van der Waals surface area (Å²) < 4.78 is 1.52. The highest BCUT2D eigenvalue weighted by atomic mass is 16.3. The Kier molecular flexibility index (Phi) is 4.14. The highest BCUT2D eigenvalue weighted by Gasteiger charge is 2.43. The van der Waals surface area contributed by atoms with E-state index < -0.39 is 5.60 Å². The van der Waals surface area contributed by atoms with Gasteiger partial charge in [-0.25, -0.2) is 0 Å². The van der Waals surface area contributed by atoms with Crippen molar-refractivity contribution in [3.63, 3.8) is 0 Å². The van der Waals surface area contributed by atoms with Gasteiger partial charge in [0.05, 0.1) is 12.1 Å². The van der Waals surface area contributed by atoms with Crippen molar-refractivity contribution in [1.82, 2.24) is 4.57 Å². The molecule has 2 saturated carbocycles. The van der Waals surface area contributed by atoms with Crippen LogP contribution in [0.5, 0.6) is 0 Å². The summed E-state index contributed by atoms with van der Waals surface area (Å²) in [6.45, 7) is 3.58. The van der Waals surface area contributed by atoms with Crippen molar-refractivity contribution < 1.29 is 9.90 Å². The summed E-state index contributed by atoms with van der Waals surface area (Å²) in [5.74, 6) is 1.45. The fourth-order valence-corrected chi connectivity index (χ4v) is 4.76. The van der Waals surface area contributed by atoms with Gasteiger partial charge in [-0.3, -0.25) is 9.59 Å². The maximum Gasteiger partial charge on any atom is 0.258 e. The molecule has 2 aliphatic rings. The molecule has 1 amide bonds. The molecule has 0 saturated heterocycles. The molecular weight excluding hydrogens is 328 g/mol. The standard InChI is InChI=1S/C21H26N2O3/c1-21(2,26)12-23-9-8-15-16(20(23)25)4-3-5-18(15)22-19(24)17-11-13-6-7-14(17)10-13/h3-5,8-9,13-14,17,26H,6-7,10-12H2,1-2H3,(H,22,24)/t13-,14-,17?/m1/s1. The summed E-state index contributed by atoms with van der Waals surface area (Å²) >= 11 is 0. The lowest BCUT2D eigenvalue weighted by molar-refractivity contribution is -0.121. The number of amides is 1. The van der Waals surface area contributed by atoms with Gasteiger partial charge >= 0.3 is 0 Å². The van der Waals surface area contributed by atoms with E-state index in [1.54, 1.807) is 32.2 Å². The molecule has 2 N–H and O–H groups in total. The first-order valence-corrected chi connectivity index (χ1v) is 9.47. The minimum absolute atomic E-state index is 0.0883. The van der Waals surface area contributed by atoms with Crippen LogP contribution in [0.25, 0.3) is 10.8 Å². The van der Waals surface area contributed by atoms with E-state index in [-0.39, 0.29) is 23.9 Å². The molecule has 1 aromatic heterocycles. The summed E-state index contributed by atoms with van der Waals surface area (Å²) in [6, 6.07) is 7.27. The van der Waals surface area contributed by atoms with Gasteiger partial charge < -0.3 is 15.0 Å². The van der Waals surface area contributed by atoms with E-state index in [0.717, 1.165) is 17.7 Å². The summed E-state index contributed by atoms with van der Waals surface area (Å²) in [5, 5.41) is 14.4. The number of nitrogens with one attached hydrogen (secondary N) is 1. The Hall–Kier alpha value is -2.14. The zero-order valence-electron chi connectivity index (χ0n) is 15.4. The number of pyridine rings is 1. The molecule has 3 atom stereocenters. The second-order valence-electron chi connectivity index (χ2n) is 8.60. The van der Waals surface area contributed by atoms with E-state index >= 15 is 0 Å². The highest BCUT2D eigenvalue weighted by molar-refractivity contribution is 6.02. The van der Waals surface area contributed by atoms with Gasteiger partial charge in [-0.15, -0.1) is 0 Å². The average Bonchev–Trinajstić information content (AvgIpc) is 3.20. The quantitative estimate of drug-likeness (QED) is 0.886. The number of rotatable bonds is 4. The second-order valence-corrected chi connectivity index (χ2v) is 8.60. The monoisotopic (exact) mass is 354 g/mol. The van der Waals surface area contributed by atoms with Gasteiger partial charge in [0, 0.05) is 28.6 Å². The van der Waals surface area contributed by atoms with Crippen LogP contribution in [0.1, 0.15) is 39.5 Å². The number of nitrogens with zero attached hydrogens (tertiary/aromatic N) is 1. The Morgan fingerprint density at radius 1 is 1.23 bits per heavy atom. The summed E-state index contributed by atoms with van der Waals surface area (Å²) in [5.41, 5.74) is -0.422. The van der Waals surface area contributed by atoms with Crippen molar-refractivity contribution in [3.05, 3.63) is 40.8 Å². The number of aliphatic hydroxyl groups is 1. The fraction of sp³-hybridized carbons (Fsp3) is 0.524. The Morgan fingerprint density at radius 2 is 2.04 bits per heavy atom. The van der Waals surface area contributed by atoms with Crippen LogP contribution in [0.2, 0.25) is 0 Å². The molecule has 1 unspecified atom stereocenters. The summed E-state index contributed by atoms with van der Waals surface area (Å²) in [4.78, 5) is 25.5. The van der Waals surface area contributed by atoms with Crippen LogP contribution in [0.3, 0.4) is 0 Å². The van der Waals surface area contributed by atoms with Crippen LogP contribution in [0, 0.1) is 17.8 Å². The first kappa shape index (κ1) is 17.3. The third kappa shape index (κ3) is 3.16. The van der Waals surface area contributed by atoms with Gasteiger partial charge in [-0.2, -0.15) is 0 Å². The molecule has 0 spiro atoms. The van der Waals surface area contributed by atoms with Crippen molar-refractivity contribution in [1.29, 1.82) is 0 Å². The van der Waals surface area contributed by atoms with Gasteiger partial charge in [-0.1, -0.05) is 12.5 Å². The van der Waals surface area contributed by atoms with Crippen molar-refractivity contribution in [2.24, 2.45) is 17.8 Å². The van der Waals surface area contributed by atoms with Crippen LogP contribution in [-0.4, -0.2) is 21.2 Å². The lowest BCUT2D eigenvalue weighted by Crippen LogP contribution is -2.32. The van der Waals surface area contributed by atoms with Gasteiger partial charge in [0.25, 0.3) is 5.56 Å². The zero-order valence-corrected chi connectivity index (χ0v) is 15.4. The predicted molar refractivity (Wildman–Crippen MR) is 102 cm³/mol. The number of fused-ring (bicyclic) bond motifs is 3. The number of carbonyl (C=O) groups excluding carboxylic acids is 1. The molecule has 2 fully saturated rings. The average molecular weight is 354 g/mol. The van der Waals surface area contributed by atoms with Gasteiger partial charge in [0.2, 0.25) is 5.91 Å². The van der Waals surface area contributed by atoms with Crippen LogP contribution < -0.4 is 10.9 Å². The molecule has 4 rings (SSSR count). The van der Waals surface area contributed by atoms with Crippen molar-refractivity contribution in [2.45, 2.75) is 51.7 Å². The number of aromatic nitrogens is 1. The number of benzene rings is 1. The first-order valence-electron chi connectivity index (χ1n) is 9.47. The fourth-order valence-electron chi connectivity index (χ4n) is 4.76. The maximum absolute atomic E-state index is 12.8. The van der Waals surface area contributed by atoms with E-state index in [1.807, 2.05) is 12.1 Å². The van der Waals surface area contributed by atoms with E-state index in [0.29, 0.717) is 17.0 Å². The van der Waals surface area contributed by atoms with Crippen LogP contribution in [0.15, 0.2) is 35.3 Å². The smallest absolute Gasteiger partial charge is 0.258 e. The molecule has 2 aromatic rings. The third-order valence-corrected chi connectivity index (χ3v) is 5.91. The topological polar surface area (TPSA) is 71.3 Å². The first-order chi connectivity index (χ1) is 12.3. The predicted octanol–water partition coefficient (Wildman–Crippen LogP) is 3.15. The van der Waals surface area contributed by atoms with Gasteiger partial charge in [-0.05, 0) is 63.1 Å². The summed E-state index contributed by atoms with van der Waals surface area (Å²) in [7, 11) is 0. The lowest BCUT2D eigenvalue weighted by atomic mass is 9.88. The van der Waals surface area contributed by atoms with Crippen molar-refractivity contribution >= 4 is 22.4 Å². The van der Waals surface area contributed by atoms with Gasteiger partial charge in [0.1, 0.15) is 0 Å². The van der Waals surface area contributed by atoms with Crippen molar-refractivity contribution in [3.8, 4) is 0 Å². The molecule has 0 radical (unpaired) electrons. The van der Waals surface area contributed by atoms with Crippen LogP contribution in [-0.2, 0) is 11.3 Å². The molecule has 5 nitrogen and oxygen atoms in total. The Morgan fingerprint density at radius 3 is 2.69 bits per heavy atom. The Labute approximate surface area is 153 Å². The Balaban J connectivity index is 1.63. The molecule has 2 aliphatic carbocycles. The number of anilines is 1. The Bertz CT molecular complexity index is 910. The molecule has 0 aliphatic heterocycles. The molecule has 138 valence electrons. The normalized spacial score (nSPS) is 25.0. The largest absolute Gasteiger partial charge is 0.389 e. The minimum atomic E-state index is -0.967. The highest BCUT2D eigenvalue weighted by Crippen LogP contribution is 2.48. The number of carbonyl (C=O) groups is 1. The van der Waals surface area contributed by atoms with Crippen molar-refractivity contribution in [2.75, 3.05) is 5.32 Å². The molecule has 1 heterocycles. The van der Waals surface area contributed by atoms with Crippen LogP contribution in [0.4, 0.5) is 5.69 Å².